The van der Waals surface area contributed by atoms with Crippen LogP contribution in [0.1, 0.15) is 5.69 Å². The minimum atomic E-state index is 0.314. The topological polar surface area (TPSA) is 75.3 Å². The number of anilines is 2. The van der Waals surface area contributed by atoms with Gasteiger partial charge in [0.15, 0.2) is 10.7 Å². The highest BCUT2D eigenvalue weighted by Gasteiger charge is 2.22. The lowest BCUT2D eigenvalue weighted by Crippen LogP contribution is -2.38. The van der Waals surface area contributed by atoms with Crippen LogP contribution in [0, 0.1) is 6.92 Å². The van der Waals surface area contributed by atoms with Gasteiger partial charge in [-0.3, -0.25) is 10.4 Å². The number of aromatic nitrogens is 6. The number of imidazole rings is 1. The van der Waals surface area contributed by atoms with E-state index in [4.69, 9.17) is 16.6 Å². The highest BCUT2D eigenvalue weighted by atomic mass is 35.5. The van der Waals surface area contributed by atoms with Crippen LogP contribution in [0.4, 0.5) is 11.6 Å². The van der Waals surface area contributed by atoms with Crippen molar-refractivity contribution in [3.05, 3.63) is 65.4 Å². The van der Waals surface area contributed by atoms with Gasteiger partial charge in [-0.25, -0.2) is 14.5 Å². The lowest BCUT2D eigenvalue weighted by Gasteiger charge is -2.06. The molecule has 5 aromatic rings. The van der Waals surface area contributed by atoms with Gasteiger partial charge in [-0.15, -0.1) is 9.67 Å². The highest BCUT2D eigenvalue weighted by Crippen LogP contribution is 2.24. The lowest BCUT2D eigenvalue weighted by molar-refractivity contribution is -0.650. The number of H-pyrrole nitrogens is 1. The molecule has 0 unspecified atom stereocenters. The van der Waals surface area contributed by atoms with Crippen LogP contribution in [0.25, 0.3) is 28.0 Å². The summed E-state index contributed by atoms with van der Waals surface area (Å²) in [4.78, 5) is 13.8. The van der Waals surface area contributed by atoms with E-state index >= 15 is 0 Å². The molecule has 2 N–H and O–H groups in total. The number of nitrogens with one attached hydrogen (secondary N) is 2. The minimum Gasteiger partial charge on any atom is -0.270 e. The van der Waals surface area contributed by atoms with Gasteiger partial charge in [0.05, 0.1) is 11.0 Å². The highest BCUT2D eigenvalue weighted by molar-refractivity contribution is 6.32. The monoisotopic (exact) mass is 390 g/mol. The van der Waals surface area contributed by atoms with Gasteiger partial charge in [0.1, 0.15) is 5.52 Å². The summed E-state index contributed by atoms with van der Waals surface area (Å²) in [5.74, 6) is 2.01. The molecule has 28 heavy (non-hydrogen) atoms. The molecule has 0 aliphatic heterocycles. The van der Waals surface area contributed by atoms with Crippen molar-refractivity contribution in [2.45, 2.75) is 6.92 Å². The summed E-state index contributed by atoms with van der Waals surface area (Å²) in [6.45, 7) is 1.98. The number of aryl methyl sites for hydroxylation is 2. The van der Waals surface area contributed by atoms with E-state index in [1.165, 1.54) is 0 Å². The van der Waals surface area contributed by atoms with Crippen molar-refractivity contribution >= 4 is 45.3 Å². The standard InChI is InChI=1S/C20H16ClN7/c1-12-11-17(25-19-18(21)22-13-7-3-4-8-14(13)23-19)28(26-12)20-24-15-9-5-6-10-16(15)27(20)2/h3-11H,1-2H3,(H,23,25,26)/p+1. The van der Waals surface area contributed by atoms with E-state index in [0.717, 1.165) is 39.5 Å². The van der Waals surface area contributed by atoms with Gasteiger partial charge < -0.3 is 0 Å². The van der Waals surface area contributed by atoms with Crippen LogP contribution in [0.5, 0.6) is 0 Å². The molecule has 0 fully saturated rings. The third kappa shape index (κ3) is 2.68. The zero-order valence-electron chi connectivity index (χ0n) is 15.3. The van der Waals surface area contributed by atoms with Gasteiger partial charge in [-0.1, -0.05) is 35.9 Å². The number of hydrogen-bond donors (Lipinski definition) is 2. The van der Waals surface area contributed by atoms with Crippen molar-refractivity contribution in [2.75, 3.05) is 5.32 Å². The van der Waals surface area contributed by atoms with Gasteiger partial charge in [-0.05, 0) is 31.2 Å². The first kappa shape index (κ1) is 16.7. The first-order valence-corrected chi connectivity index (χ1v) is 9.21. The van der Waals surface area contributed by atoms with Gasteiger partial charge in [0, 0.05) is 18.8 Å². The molecule has 0 saturated heterocycles. The molecule has 0 saturated carbocycles. The molecular formula is C20H17ClN7+. The fraction of sp³-hybridized carbons (Fsp3) is 0.100. The lowest BCUT2D eigenvalue weighted by atomic mass is 10.3. The molecule has 0 aliphatic carbocycles. The molecule has 3 aromatic heterocycles. The van der Waals surface area contributed by atoms with Crippen LogP contribution < -0.4 is 10.00 Å². The first-order valence-electron chi connectivity index (χ1n) is 8.83. The molecule has 7 nitrogen and oxygen atoms in total. The van der Waals surface area contributed by atoms with E-state index in [0.29, 0.717) is 11.0 Å². The zero-order valence-corrected chi connectivity index (χ0v) is 16.1. The Balaban J connectivity index is 1.62. The third-order valence-electron chi connectivity index (χ3n) is 4.62. The predicted octanol–water partition coefficient (Wildman–Crippen LogP) is 3.83. The van der Waals surface area contributed by atoms with Crippen molar-refractivity contribution in [3.8, 4) is 5.95 Å². The maximum absolute atomic E-state index is 6.38. The number of halogens is 1. The Morgan fingerprint density at radius 1 is 0.964 bits per heavy atom. The SMILES string of the molecule is Cc1cc(Nc2nc3ccccc3nc2Cl)[n+](-c2nc3ccccc3n2C)[nH]1. The van der Waals surface area contributed by atoms with Crippen LogP contribution in [-0.2, 0) is 7.05 Å². The Morgan fingerprint density at radius 3 is 2.39 bits per heavy atom. The number of nitrogens with zero attached hydrogens (tertiary/aromatic N) is 5. The number of aromatic amines is 1. The smallest absolute Gasteiger partial charge is 0.270 e. The summed E-state index contributed by atoms with van der Waals surface area (Å²) < 4.78 is 3.91. The third-order valence-corrected chi connectivity index (χ3v) is 4.88. The predicted molar refractivity (Wildman–Crippen MR) is 109 cm³/mol. The minimum absolute atomic E-state index is 0.314. The fourth-order valence-corrected chi connectivity index (χ4v) is 3.48. The van der Waals surface area contributed by atoms with E-state index in [1.54, 1.807) is 0 Å². The molecule has 2 aromatic carbocycles. The molecule has 5 rings (SSSR count). The largest absolute Gasteiger partial charge is 0.377 e. The van der Waals surface area contributed by atoms with Crippen LogP contribution in [-0.4, -0.2) is 24.6 Å². The summed E-state index contributed by atoms with van der Waals surface area (Å²) >= 11 is 6.38. The Kier molecular flexibility index (Phi) is 3.77. The number of para-hydroxylation sites is 4. The van der Waals surface area contributed by atoms with Gasteiger partial charge in [0.25, 0.3) is 0 Å². The average Bonchev–Trinajstić information content (AvgIpc) is 3.22. The van der Waals surface area contributed by atoms with Crippen molar-refractivity contribution in [2.24, 2.45) is 7.05 Å². The molecule has 0 spiro atoms. The quantitative estimate of drug-likeness (QED) is 0.459. The fourth-order valence-electron chi connectivity index (χ4n) is 3.30. The molecule has 3 heterocycles. The summed E-state index contributed by atoms with van der Waals surface area (Å²) in [6.07, 6.45) is 0. The molecule has 0 atom stereocenters. The Labute approximate surface area is 165 Å². The number of benzene rings is 2. The van der Waals surface area contributed by atoms with Crippen molar-refractivity contribution in [1.82, 2.24) is 24.6 Å². The van der Waals surface area contributed by atoms with Crippen LogP contribution in [0.3, 0.4) is 0 Å². The molecule has 0 bridgehead atoms. The van der Waals surface area contributed by atoms with Crippen LogP contribution >= 0.6 is 11.6 Å². The van der Waals surface area contributed by atoms with Crippen LogP contribution in [0.15, 0.2) is 54.6 Å². The van der Waals surface area contributed by atoms with E-state index in [2.05, 4.69) is 20.4 Å². The maximum atomic E-state index is 6.38. The van der Waals surface area contributed by atoms with E-state index in [9.17, 15) is 0 Å². The number of rotatable bonds is 3. The zero-order chi connectivity index (χ0) is 19.3. The Hall–Kier alpha value is -3.45. The summed E-state index contributed by atoms with van der Waals surface area (Å²) in [5.41, 5.74) is 4.47. The van der Waals surface area contributed by atoms with Crippen molar-refractivity contribution < 1.29 is 4.68 Å². The Bertz CT molecular complexity index is 1340. The summed E-state index contributed by atoms with van der Waals surface area (Å²) in [7, 11) is 1.99. The van der Waals surface area contributed by atoms with E-state index < -0.39 is 0 Å². The normalized spacial score (nSPS) is 11.4. The van der Waals surface area contributed by atoms with Gasteiger partial charge >= 0.3 is 5.95 Å². The van der Waals surface area contributed by atoms with Crippen molar-refractivity contribution in [3.63, 3.8) is 0 Å². The number of hydrogen-bond acceptors (Lipinski definition) is 4. The number of fused-ring (bicyclic) bond motifs is 2. The van der Waals surface area contributed by atoms with E-state index in [-0.39, 0.29) is 0 Å². The average molecular weight is 391 g/mol. The second-order valence-corrected chi connectivity index (χ2v) is 6.95. The molecule has 0 radical (unpaired) electrons. The van der Waals surface area contributed by atoms with E-state index in [1.807, 2.05) is 77.8 Å². The summed E-state index contributed by atoms with van der Waals surface area (Å²) in [5, 5.41) is 6.93. The van der Waals surface area contributed by atoms with Crippen LogP contribution in [0.2, 0.25) is 5.15 Å². The molecule has 0 aliphatic rings. The van der Waals surface area contributed by atoms with Gasteiger partial charge in [-0.2, -0.15) is 0 Å². The van der Waals surface area contributed by atoms with Gasteiger partial charge in [0.2, 0.25) is 11.6 Å². The maximum Gasteiger partial charge on any atom is 0.377 e. The molecule has 138 valence electrons. The Morgan fingerprint density at radius 2 is 1.64 bits per heavy atom. The summed E-state index contributed by atoms with van der Waals surface area (Å²) in [6, 6.07) is 17.6. The molecule has 0 amide bonds. The second-order valence-electron chi connectivity index (χ2n) is 6.60. The first-order chi connectivity index (χ1) is 13.6. The van der Waals surface area contributed by atoms with Crippen molar-refractivity contribution in [1.29, 1.82) is 0 Å². The molecule has 8 heteroatoms. The second kappa shape index (κ2) is 6.31. The molecular weight excluding hydrogens is 374 g/mol.